The highest BCUT2D eigenvalue weighted by Gasteiger charge is 2.37. The number of amides is 1. The van der Waals surface area contributed by atoms with E-state index in [0.717, 1.165) is 51.4 Å². The number of likely N-dealkylation sites (tertiary alicyclic amines) is 1. The molecule has 2 aliphatic heterocycles. The second kappa shape index (κ2) is 6.61. The minimum atomic E-state index is -0.0724. The van der Waals surface area contributed by atoms with Gasteiger partial charge in [-0.05, 0) is 33.6 Å². The Balaban J connectivity index is 1.79. The Morgan fingerprint density at radius 2 is 1.96 bits per heavy atom. The number of carbonyl (C=O) groups is 1. The van der Waals surface area contributed by atoms with E-state index < -0.39 is 0 Å². The van der Waals surface area contributed by atoms with Crippen molar-refractivity contribution in [1.29, 1.82) is 0 Å². The molecule has 0 bridgehead atoms. The van der Waals surface area contributed by atoms with Crippen molar-refractivity contribution < 1.29 is 9.53 Å². The third-order valence-corrected chi connectivity index (χ3v) is 5.38. The van der Waals surface area contributed by atoms with Crippen LogP contribution in [0.5, 0.6) is 0 Å². The van der Waals surface area contributed by atoms with Crippen LogP contribution in [0, 0.1) is 13.8 Å². The third kappa shape index (κ3) is 3.02. The van der Waals surface area contributed by atoms with Crippen LogP contribution in [0.25, 0.3) is 0 Å². The summed E-state index contributed by atoms with van der Waals surface area (Å²) in [6.45, 7) is 10.2. The number of rotatable bonds is 3. The molecule has 0 unspecified atom stereocenters. The molecule has 6 nitrogen and oxygen atoms in total. The second-order valence-electron chi connectivity index (χ2n) is 6.72. The molecule has 2 fully saturated rings. The summed E-state index contributed by atoms with van der Waals surface area (Å²) in [5.74, 6) is 0.247. The van der Waals surface area contributed by atoms with Crippen molar-refractivity contribution in [2.24, 2.45) is 7.05 Å². The number of carbonyl (C=O) groups excluding carboxylic acids is 1. The molecular weight excluding hydrogens is 292 g/mol. The fraction of sp³-hybridized carbons (Fsp3) is 0.765. The lowest BCUT2D eigenvalue weighted by atomic mass is 10.0. The average molecular weight is 320 g/mol. The van der Waals surface area contributed by atoms with Crippen molar-refractivity contribution in [1.82, 2.24) is 19.6 Å². The number of nitrogens with zero attached hydrogens (tertiary/aromatic N) is 4. The molecule has 0 N–H and O–H groups in total. The smallest absolute Gasteiger partial charge is 0.240 e. The maximum atomic E-state index is 13.1. The Hall–Kier alpha value is -1.40. The van der Waals surface area contributed by atoms with Crippen molar-refractivity contribution in [2.75, 3.05) is 32.8 Å². The summed E-state index contributed by atoms with van der Waals surface area (Å²) < 4.78 is 7.33. The number of morpholine rings is 1. The van der Waals surface area contributed by atoms with Gasteiger partial charge in [0.25, 0.3) is 0 Å². The number of hydrogen-bond donors (Lipinski definition) is 0. The van der Waals surface area contributed by atoms with Gasteiger partial charge in [0.05, 0.1) is 31.0 Å². The largest absolute Gasteiger partial charge is 0.379 e. The summed E-state index contributed by atoms with van der Waals surface area (Å²) in [6, 6.07) is 0.108. The van der Waals surface area contributed by atoms with E-state index in [1.165, 1.54) is 11.3 Å². The molecule has 0 radical (unpaired) electrons. The quantitative estimate of drug-likeness (QED) is 0.845. The number of aromatic nitrogens is 2. The van der Waals surface area contributed by atoms with Gasteiger partial charge >= 0.3 is 0 Å². The van der Waals surface area contributed by atoms with Gasteiger partial charge in [-0.3, -0.25) is 14.4 Å². The molecule has 0 saturated carbocycles. The zero-order valence-corrected chi connectivity index (χ0v) is 14.7. The van der Waals surface area contributed by atoms with Crippen LogP contribution < -0.4 is 0 Å². The van der Waals surface area contributed by atoms with Crippen LogP contribution >= 0.6 is 0 Å². The van der Waals surface area contributed by atoms with E-state index in [2.05, 4.69) is 28.7 Å². The van der Waals surface area contributed by atoms with Crippen molar-refractivity contribution >= 4 is 5.91 Å². The molecule has 3 heterocycles. The van der Waals surface area contributed by atoms with Crippen LogP contribution in [0.4, 0.5) is 0 Å². The molecule has 3 rings (SSSR count). The average Bonchev–Trinajstić information content (AvgIpc) is 3.12. The predicted molar refractivity (Wildman–Crippen MR) is 88.2 cm³/mol. The fourth-order valence-electron chi connectivity index (χ4n) is 3.96. The minimum Gasteiger partial charge on any atom is -0.379 e. The summed E-state index contributed by atoms with van der Waals surface area (Å²) in [5.41, 5.74) is 3.47. The van der Waals surface area contributed by atoms with E-state index in [9.17, 15) is 4.79 Å². The van der Waals surface area contributed by atoms with Crippen LogP contribution in [0.3, 0.4) is 0 Å². The van der Waals surface area contributed by atoms with Gasteiger partial charge in [-0.2, -0.15) is 5.10 Å². The molecule has 0 spiro atoms. The lowest BCUT2D eigenvalue weighted by Crippen LogP contribution is -2.50. The van der Waals surface area contributed by atoms with Gasteiger partial charge < -0.3 is 9.64 Å². The van der Waals surface area contributed by atoms with Crippen LogP contribution in [-0.2, 0) is 16.6 Å². The monoisotopic (exact) mass is 320 g/mol. The standard InChI is InChI=1S/C17H28N4O2/c1-12-16(13(2)19(4)18-12)15-6-5-7-21(15)17(22)14(3)20-8-10-23-11-9-20/h14-15H,5-11H2,1-4H3/t14-,15-/m0/s1. The highest BCUT2D eigenvalue weighted by atomic mass is 16.5. The topological polar surface area (TPSA) is 50.6 Å². The van der Waals surface area contributed by atoms with Crippen LogP contribution in [0.2, 0.25) is 0 Å². The van der Waals surface area contributed by atoms with Gasteiger partial charge in [0.2, 0.25) is 5.91 Å². The number of ether oxygens (including phenoxy) is 1. The van der Waals surface area contributed by atoms with Gasteiger partial charge in [-0.25, -0.2) is 0 Å². The Kier molecular flexibility index (Phi) is 4.73. The summed E-state index contributed by atoms with van der Waals surface area (Å²) in [4.78, 5) is 17.4. The van der Waals surface area contributed by atoms with Crippen LogP contribution in [-0.4, -0.2) is 64.4 Å². The maximum Gasteiger partial charge on any atom is 0.240 e. The first-order valence-corrected chi connectivity index (χ1v) is 8.63. The molecule has 0 aromatic carbocycles. The SMILES string of the molecule is Cc1nn(C)c(C)c1[C@@H]1CCCN1C(=O)[C@H](C)N1CCOCC1. The number of hydrogen-bond acceptors (Lipinski definition) is 4. The molecule has 1 aromatic heterocycles. The zero-order valence-electron chi connectivity index (χ0n) is 14.7. The van der Waals surface area contributed by atoms with E-state index in [4.69, 9.17) is 4.74 Å². The van der Waals surface area contributed by atoms with Gasteiger partial charge in [-0.15, -0.1) is 0 Å². The van der Waals surface area contributed by atoms with Crippen molar-refractivity contribution in [3.05, 3.63) is 17.0 Å². The van der Waals surface area contributed by atoms with E-state index in [1.54, 1.807) is 0 Å². The molecule has 6 heteroatoms. The molecular formula is C17H28N4O2. The van der Waals surface area contributed by atoms with Crippen LogP contribution in [0.15, 0.2) is 0 Å². The number of aryl methyl sites for hydroxylation is 2. The molecule has 23 heavy (non-hydrogen) atoms. The van der Waals surface area contributed by atoms with Crippen LogP contribution in [0.1, 0.15) is 42.8 Å². The summed E-state index contributed by atoms with van der Waals surface area (Å²) >= 11 is 0. The Morgan fingerprint density at radius 3 is 2.57 bits per heavy atom. The molecule has 2 saturated heterocycles. The zero-order chi connectivity index (χ0) is 16.6. The normalized spacial score (nSPS) is 24.2. The first-order chi connectivity index (χ1) is 11.0. The van der Waals surface area contributed by atoms with E-state index in [0.29, 0.717) is 0 Å². The summed E-state index contributed by atoms with van der Waals surface area (Å²) in [7, 11) is 1.98. The Bertz CT molecular complexity index is 577. The summed E-state index contributed by atoms with van der Waals surface area (Å²) in [5, 5.41) is 4.54. The van der Waals surface area contributed by atoms with E-state index in [1.807, 2.05) is 18.7 Å². The fourth-order valence-corrected chi connectivity index (χ4v) is 3.96. The summed E-state index contributed by atoms with van der Waals surface area (Å²) in [6.07, 6.45) is 2.11. The van der Waals surface area contributed by atoms with Gasteiger partial charge in [0, 0.05) is 37.9 Å². The molecule has 128 valence electrons. The molecule has 1 aromatic rings. The van der Waals surface area contributed by atoms with Gasteiger partial charge in [-0.1, -0.05) is 0 Å². The van der Waals surface area contributed by atoms with E-state index in [-0.39, 0.29) is 18.0 Å². The van der Waals surface area contributed by atoms with E-state index >= 15 is 0 Å². The van der Waals surface area contributed by atoms with Gasteiger partial charge in [0.15, 0.2) is 0 Å². The predicted octanol–water partition coefficient (Wildman–Crippen LogP) is 1.42. The first kappa shape index (κ1) is 16.5. The maximum absolute atomic E-state index is 13.1. The lowest BCUT2D eigenvalue weighted by molar-refractivity contribution is -0.139. The molecule has 2 aliphatic rings. The Morgan fingerprint density at radius 1 is 1.26 bits per heavy atom. The lowest BCUT2D eigenvalue weighted by Gasteiger charge is -2.35. The molecule has 2 atom stereocenters. The minimum absolute atomic E-state index is 0.0724. The highest BCUT2D eigenvalue weighted by Crippen LogP contribution is 2.36. The highest BCUT2D eigenvalue weighted by molar-refractivity contribution is 5.82. The third-order valence-electron chi connectivity index (χ3n) is 5.38. The first-order valence-electron chi connectivity index (χ1n) is 8.63. The Labute approximate surface area is 138 Å². The molecule has 1 amide bonds. The second-order valence-corrected chi connectivity index (χ2v) is 6.72. The van der Waals surface area contributed by atoms with Crippen molar-refractivity contribution in [2.45, 2.75) is 45.7 Å². The van der Waals surface area contributed by atoms with Crippen molar-refractivity contribution in [3.8, 4) is 0 Å². The van der Waals surface area contributed by atoms with Gasteiger partial charge in [0.1, 0.15) is 0 Å². The van der Waals surface area contributed by atoms with Crippen molar-refractivity contribution in [3.63, 3.8) is 0 Å². The molecule has 0 aliphatic carbocycles.